The molecule has 2 rings (SSSR count). The third-order valence-corrected chi connectivity index (χ3v) is 3.45. The van der Waals surface area contributed by atoms with Gasteiger partial charge in [0.15, 0.2) is 5.13 Å². The maximum absolute atomic E-state index is 10.5. The SMILES string of the molecule is COc1ccc(CNc2nc(CCC(=O)O)cs2)cn1. The molecule has 0 unspecified atom stereocenters. The third kappa shape index (κ3) is 4.20. The molecule has 0 aliphatic heterocycles. The summed E-state index contributed by atoms with van der Waals surface area (Å²) in [4.78, 5) is 18.9. The maximum Gasteiger partial charge on any atom is 0.303 e. The van der Waals surface area contributed by atoms with Crippen LogP contribution in [-0.2, 0) is 17.8 Å². The van der Waals surface area contributed by atoms with E-state index in [1.165, 1.54) is 11.3 Å². The number of rotatable bonds is 7. The second kappa shape index (κ2) is 6.85. The van der Waals surface area contributed by atoms with E-state index in [1.54, 1.807) is 19.4 Å². The number of methoxy groups -OCH3 is 1. The molecule has 0 saturated heterocycles. The Labute approximate surface area is 120 Å². The maximum atomic E-state index is 10.5. The lowest BCUT2D eigenvalue weighted by molar-refractivity contribution is -0.136. The van der Waals surface area contributed by atoms with Crippen LogP contribution in [0.2, 0.25) is 0 Å². The van der Waals surface area contributed by atoms with Crippen molar-refractivity contribution in [2.45, 2.75) is 19.4 Å². The Morgan fingerprint density at radius 2 is 2.35 bits per heavy atom. The van der Waals surface area contributed by atoms with Gasteiger partial charge < -0.3 is 15.2 Å². The Balaban J connectivity index is 1.85. The number of carboxylic acid groups (broad SMARTS) is 1. The lowest BCUT2D eigenvalue weighted by Gasteiger charge is -2.03. The molecule has 0 radical (unpaired) electrons. The van der Waals surface area contributed by atoms with Gasteiger partial charge in [0.1, 0.15) is 0 Å². The number of carbonyl (C=O) groups is 1. The van der Waals surface area contributed by atoms with E-state index in [9.17, 15) is 4.79 Å². The summed E-state index contributed by atoms with van der Waals surface area (Å²) in [6.45, 7) is 0.614. The van der Waals surface area contributed by atoms with Crippen molar-refractivity contribution < 1.29 is 14.6 Å². The molecule has 0 atom stereocenters. The summed E-state index contributed by atoms with van der Waals surface area (Å²) in [6.07, 6.45) is 2.30. The Morgan fingerprint density at radius 3 is 3.00 bits per heavy atom. The summed E-state index contributed by atoms with van der Waals surface area (Å²) in [7, 11) is 1.58. The minimum absolute atomic E-state index is 0.103. The first-order chi connectivity index (χ1) is 9.67. The smallest absolute Gasteiger partial charge is 0.303 e. The van der Waals surface area contributed by atoms with Crippen molar-refractivity contribution >= 4 is 22.4 Å². The van der Waals surface area contributed by atoms with Gasteiger partial charge in [-0.1, -0.05) is 6.07 Å². The number of anilines is 1. The molecule has 0 aliphatic rings. The van der Waals surface area contributed by atoms with E-state index in [-0.39, 0.29) is 6.42 Å². The molecule has 2 aromatic heterocycles. The topological polar surface area (TPSA) is 84.3 Å². The summed E-state index contributed by atoms with van der Waals surface area (Å²) in [5, 5.41) is 14.5. The lowest BCUT2D eigenvalue weighted by Crippen LogP contribution is -2.01. The largest absolute Gasteiger partial charge is 0.481 e. The van der Waals surface area contributed by atoms with Crippen molar-refractivity contribution in [1.29, 1.82) is 0 Å². The normalized spacial score (nSPS) is 10.2. The van der Waals surface area contributed by atoms with E-state index in [0.29, 0.717) is 18.8 Å². The molecule has 20 heavy (non-hydrogen) atoms. The fraction of sp³-hybridized carbons (Fsp3) is 0.308. The first-order valence-electron chi connectivity index (χ1n) is 6.06. The Morgan fingerprint density at radius 1 is 1.50 bits per heavy atom. The monoisotopic (exact) mass is 293 g/mol. The van der Waals surface area contributed by atoms with Crippen molar-refractivity contribution in [1.82, 2.24) is 9.97 Å². The summed E-state index contributed by atoms with van der Waals surface area (Å²) in [5.74, 6) is -0.226. The highest BCUT2D eigenvalue weighted by molar-refractivity contribution is 7.13. The summed E-state index contributed by atoms with van der Waals surface area (Å²) in [5.41, 5.74) is 1.82. The van der Waals surface area contributed by atoms with Crippen LogP contribution in [0.1, 0.15) is 17.7 Å². The molecule has 2 aromatic rings. The van der Waals surface area contributed by atoms with Gasteiger partial charge in [0.2, 0.25) is 5.88 Å². The molecule has 0 amide bonds. The van der Waals surface area contributed by atoms with Crippen molar-refractivity contribution in [3.8, 4) is 5.88 Å². The zero-order valence-corrected chi connectivity index (χ0v) is 11.8. The van der Waals surface area contributed by atoms with Crippen LogP contribution >= 0.6 is 11.3 Å². The molecule has 7 heteroatoms. The third-order valence-electron chi connectivity index (χ3n) is 2.60. The minimum atomic E-state index is -0.809. The highest BCUT2D eigenvalue weighted by Crippen LogP contribution is 2.17. The molecule has 0 aliphatic carbocycles. The number of hydrogen-bond donors (Lipinski definition) is 2. The van der Waals surface area contributed by atoms with Crippen LogP contribution in [0.4, 0.5) is 5.13 Å². The highest BCUT2D eigenvalue weighted by atomic mass is 32.1. The van der Waals surface area contributed by atoms with Crippen molar-refractivity contribution in [2.24, 2.45) is 0 Å². The van der Waals surface area contributed by atoms with Gasteiger partial charge in [0.05, 0.1) is 19.2 Å². The quantitative estimate of drug-likeness (QED) is 0.814. The van der Waals surface area contributed by atoms with E-state index in [1.807, 2.05) is 11.4 Å². The first-order valence-corrected chi connectivity index (χ1v) is 6.94. The average Bonchev–Trinajstić information content (AvgIpc) is 2.91. The lowest BCUT2D eigenvalue weighted by atomic mass is 10.2. The molecule has 6 nitrogen and oxygen atoms in total. The van der Waals surface area contributed by atoms with Gasteiger partial charge in [-0.3, -0.25) is 4.79 Å². The molecular formula is C13H15N3O3S. The highest BCUT2D eigenvalue weighted by Gasteiger charge is 2.04. The Hall–Kier alpha value is -2.15. The number of aromatic nitrogens is 2. The zero-order chi connectivity index (χ0) is 14.4. The summed E-state index contributed by atoms with van der Waals surface area (Å²) < 4.78 is 4.99. The van der Waals surface area contributed by atoms with E-state index in [2.05, 4.69) is 15.3 Å². The number of nitrogens with zero attached hydrogens (tertiary/aromatic N) is 2. The summed E-state index contributed by atoms with van der Waals surface area (Å²) >= 11 is 1.47. The molecule has 2 heterocycles. The van der Waals surface area contributed by atoms with Gasteiger partial charge in [-0.15, -0.1) is 11.3 Å². The Bertz CT molecular complexity index is 568. The van der Waals surface area contributed by atoms with E-state index >= 15 is 0 Å². The molecule has 0 aromatic carbocycles. The van der Waals surface area contributed by atoms with Crippen LogP contribution in [0.3, 0.4) is 0 Å². The number of aryl methyl sites for hydroxylation is 1. The first kappa shape index (κ1) is 14.3. The van der Waals surface area contributed by atoms with Crippen LogP contribution in [-0.4, -0.2) is 28.2 Å². The number of thiazole rings is 1. The van der Waals surface area contributed by atoms with Gasteiger partial charge in [0, 0.05) is 30.6 Å². The van der Waals surface area contributed by atoms with Gasteiger partial charge in [0.25, 0.3) is 0 Å². The van der Waals surface area contributed by atoms with Crippen LogP contribution in [0.25, 0.3) is 0 Å². The second-order valence-electron chi connectivity index (χ2n) is 4.10. The molecule has 2 N–H and O–H groups in total. The average molecular weight is 293 g/mol. The van der Waals surface area contributed by atoms with E-state index in [4.69, 9.17) is 9.84 Å². The fourth-order valence-electron chi connectivity index (χ4n) is 1.55. The van der Waals surface area contributed by atoms with Gasteiger partial charge in [-0.25, -0.2) is 9.97 Å². The molecule has 106 valence electrons. The van der Waals surface area contributed by atoms with Gasteiger partial charge in [-0.2, -0.15) is 0 Å². The number of ether oxygens (including phenoxy) is 1. The Kier molecular flexibility index (Phi) is 4.89. The number of pyridine rings is 1. The second-order valence-corrected chi connectivity index (χ2v) is 4.96. The van der Waals surface area contributed by atoms with Crippen molar-refractivity contribution in [3.05, 3.63) is 35.0 Å². The number of carboxylic acids is 1. The zero-order valence-electron chi connectivity index (χ0n) is 11.0. The van der Waals surface area contributed by atoms with Gasteiger partial charge >= 0.3 is 5.97 Å². The number of hydrogen-bond acceptors (Lipinski definition) is 6. The molecule has 0 spiro atoms. The summed E-state index contributed by atoms with van der Waals surface area (Å²) in [6, 6.07) is 3.73. The predicted molar refractivity (Wildman–Crippen MR) is 76.2 cm³/mol. The van der Waals surface area contributed by atoms with E-state index < -0.39 is 5.97 Å². The number of aliphatic carboxylic acids is 1. The van der Waals surface area contributed by atoms with Crippen molar-refractivity contribution in [3.63, 3.8) is 0 Å². The van der Waals surface area contributed by atoms with E-state index in [0.717, 1.165) is 16.4 Å². The molecule has 0 bridgehead atoms. The predicted octanol–water partition coefficient (Wildman–Crippen LogP) is 2.18. The standard InChI is InChI=1S/C13H15N3O3S/c1-19-11-4-2-9(6-14-11)7-15-13-16-10(8-20-13)3-5-12(17)18/h2,4,6,8H,3,5,7H2,1H3,(H,15,16)(H,17,18). The molecular weight excluding hydrogens is 278 g/mol. The van der Waals surface area contributed by atoms with Crippen LogP contribution in [0.15, 0.2) is 23.7 Å². The van der Waals surface area contributed by atoms with Gasteiger partial charge in [-0.05, 0) is 5.56 Å². The molecule has 0 saturated carbocycles. The number of nitrogens with one attached hydrogen (secondary N) is 1. The van der Waals surface area contributed by atoms with Crippen LogP contribution < -0.4 is 10.1 Å². The molecule has 0 fully saturated rings. The van der Waals surface area contributed by atoms with Crippen molar-refractivity contribution in [2.75, 3.05) is 12.4 Å². The minimum Gasteiger partial charge on any atom is -0.481 e. The van der Waals surface area contributed by atoms with Crippen LogP contribution in [0.5, 0.6) is 5.88 Å². The fourth-order valence-corrected chi connectivity index (χ4v) is 2.30. The van der Waals surface area contributed by atoms with Crippen LogP contribution in [0, 0.1) is 0 Å².